The van der Waals surface area contributed by atoms with E-state index in [1.807, 2.05) is 24.3 Å². The van der Waals surface area contributed by atoms with Gasteiger partial charge in [0.2, 0.25) is 0 Å². The third kappa shape index (κ3) is 6.66. The SMILES string of the molecule is COc1ccc(CN(C)C(=O)COC(=O)COc2ccc(Cl)cc2Cl)cc1. The molecule has 0 aliphatic heterocycles. The van der Waals surface area contributed by atoms with Crippen molar-refractivity contribution in [2.45, 2.75) is 6.54 Å². The molecular formula is C19H19Cl2NO5. The highest BCUT2D eigenvalue weighted by Gasteiger charge is 2.14. The van der Waals surface area contributed by atoms with Crippen LogP contribution in [-0.2, 0) is 20.9 Å². The number of carbonyl (C=O) groups is 2. The quantitative estimate of drug-likeness (QED) is 0.621. The zero-order valence-electron chi connectivity index (χ0n) is 14.9. The second-order valence-corrected chi connectivity index (χ2v) is 6.47. The van der Waals surface area contributed by atoms with Gasteiger partial charge in [-0.3, -0.25) is 4.79 Å². The second-order valence-electron chi connectivity index (χ2n) is 5.62. The van der Waals surface area contributed by atoms with E-state index in [1.165, 1.54) is 11.0 Å². The van der Waals surface area contributed by atoms with Crippen LogP contribution in [0.25, 0.3) is 0 Å². The summed E-state index contributed by atoms with van der Waals surface area (Å²) in [5.41, 5.74) is 0.929. The minimum atomic E-state index is -0.674. The number of hydrogen-bond acceptors (Lipinski definition) is 5. The molecule has 0 saturated heterocycles. The molecule has 0 N–H and O–H groups in total. The molecule has 0 radical (unpaired) electrons. The smallest absolute Gasteiger partial charge is 0.344 e. The van der Waals surface area contributed by atoms with Crippen LogP contribution in [0.3, 0.4) is 0 Å². The van der Waals surface area contributed by atoms with Crippen molar-refractivity contribution < 1.29 is 23.8 Å². The lowest BCUT2D eigenvalue weighted by Gasteiger charge is -2.17. The van der Waals surface area contributed by atoms with Gasteiger partial charge in [-0.1, -0.05) is 35.3 Å². The molecule has 0 aromatic heterocycles. The Bertz CT molecular complexity index is 795. The van der Waals surface area contributed by atoms with Crippen molar-refractivity contribution in [2.24, 2.45) is 0 Å². The monoisotopic (exact) mass is 411 g/mol. The molecule has 27 heavy (non-hydrogen) atoms. The summed E-state index contributed by atoms with van der Waals surface area (Å²) in [5, 5.41) is 0.742. The van der Waals surface area contributed by atoms with E-state index < -0.39 is 5.97 Å². The summed E-state index contributed by atoms with van der Waals surface area (Å²) in [6.07, 6.45) is 0. The highest BCUT2D eigenvalue weighted by atomic mass is 35.5. The van der Waals surface area contributed by atoms with Gasteiger partial charge in [-0.25, -0.2) is 4.79 Å². The number of hydrogen-bond donors (Lipinski definition) is 0. The van der Waals surface area contributed by atoms with Gasteiger partial charge in [-0.05, 0) is 35.9 Å². The summed E-state index contributed by atoms with van der Waals surface area (Å²) in [4.78, 5) is 25.3. The van der Waals surface area contributed by atoms with Gasteiger partial charge >= 0.3 is 5.97 Å². The molecule has 2 rings (SSSR count). The van der Waals surface area contributed by atoms with Crippen molar-refractivity contribution in [1.29, 1.82) is 0 Å². The number of benzene rings is 2. The molecule has 6 nitrogen and oxygen atoms in total. The summed E-state index contributed by atoms with van der Waals surface area (Å²) in [5.74, 6) is 0.0410. The van der Waals surface area contributed by atoms with Crippen LogP contribution < -0.4 is 9.47 Å². The molecule has 0 spiro atoms. The average molecular weight is 412 g/mol. The third-order valence-corrected chi connectivity index (χ3v) is 4.13. The van der Waals surface area contributed by atoms with Crippen LogP contribution in [0.2, 0.25) is 10.0 Å². The number of likely N-dealkylation sites (N-methyl/N-ethyl adjacent to an activating group) is 1. The molecule has 8 heteroatoms. The summed E-state index contributed by atoms with van der Waals surface area (Å²) < 4.78 is 15.3. The minimum Gasteiger partial charge on any atom is -0.497 e. The van der Waals surface area contributed by atoms with E-state index in [1.54, 1.807) is 26.3 Å². The largest absolute Gasteiger partial charge is 0.497 e. The zero-order chi connectivity index (χ0) is 19.8. The molecule has 0 aliphatic rings. The molecule has 144 valence electrons. The number of halogens is 2. The summed E-state index contributed by atoms with van der Waals surface area (Å²) in [6, 6.07) is 12.0. The van der Waals surface area contributed by atoms with Gasteiger partial charge in [0.1, 0.15) is 11.5 Å². The first-order valence-electron chi connectivity index (χ1n) is 7.99. The standard InChI is InChI=1S/C19H19Cl2NO5/c1-22(10-13-3-6-15(25-2)7-4-13)18(23)11-27-19(24)12-26-17-8-5-14(20)9-16(17)21/h3-9H,10-12H2,1-2H3. The fourth-order valence-electron chi connectivity index (χ4n) is 2.12. The van der Waals surface area contributed by atoms with Crippen molar-refractivity contribution in [2.75, 3.05) is 27.4 Å². The highest BCUT2D eigenvalue weighted by Crippen LogP contribution is 2.27. The van der Waals surface area contributed by atoms with E-state index in [2.05, 4.69) is 0 Å². The molecule has 1 amide bonds. The Morgan fingerprint density at radius 3 is 2.37 bits per heavy atom. The molecular weight excluding hydrogens is 393 g/mol. The number of carbonyl (C=O) groups excluding carboxylic acids is 2. The topological polar surface area (TPSA) is 65.1 Å². The normalized spacial score (nSPS) is 10.2. The Morgan fingerprint density at radius 1 is 1.04 bits per heavy atom. The Balaban J connectivity index is 1.75. The van der Waals surface area contributed by atoms with Crippen LogP contribution in [0.5, 0.6) is 11.5 Å². The van der Waals surface area contributed by atoms with Gasteiger partial charge in [0, 0.05) is 18.6 Å². The molecule has 0 unspecified atom stereocenters. The molecule has 0 atom stereocenters. The maximum atomic E-state index is 12.1. The van der Waals surface area contributed by atoms with Crippen LogP contribution in [-0.4, -0.2) is 44.1 Å². The summed E-state index contributed by atoms with van der Waals surface area (Å²) in [7, 11) is 3.22. The fourth-order valence-corrected chi connectivity index (χ4v) is 2.58. The van der Waals surface area contributed by atoms with E-state index in [4.69, 9.17) is 37.4 Å². The number of amides is 1. The van der Waals surface area contributed by atoms with Crippen LogP contribution in [0.1, 0.15) is 5.56 Å². The van der Waals surface area contributed by atoms with Crippen molar-refractivity contribution in [3.63, 3.8) is 0 Å². The van der Waals surface area contributed by atoms with Gasteiger partial charge in [-0.2, -0.15) is 0 Å². The lowest BCUT2D eigenvalue weighted by molar-refractivity contribution is -0.153. The molecule has 2 aromatic rings. The first-order valence-corrected chi connectivity index (χ1v) is 8.75. The van der Waals surface area contributed by atoms with E-state index in [-0.39, 0.29) is 24.1 Å². The molecule has 0 saturated carbocycles. The predicted molar refractivity (Wildman–Crippen MR) is 102 cm³/mol. The van der Waals surface area contributed by atoms with E-state index in [0.29, 0.717) is 17.3 Å². The number of nitrogens with zero attached hydrogens (tertiary/aromatic N) is 1. The Labute approximate surface area is 167 Å². The number of esters is 1. The fraction of sp³-hybridized carbons (Fsp3) is 0.263. The van der Waals surface area contributed by atoms with Gasteiger partial charge in [-0.15, -0.1) is 0 Å². The molecule has 2 aromatic carbocycles. The lowest BCUT2D eigenvalue weighted by Crippen LogP contribution is -2.31. The van der Waals surface area contributed by atoms with Gasteiger partial charge in [0.15, 0.2) is 13.2 Å². The second kappa shape index (κ2) is 10.0. The predicted octanol–water partition coefficient (Wildman–Crippen LogP) is 3.58. The average Bonchev–Trinajstić information content (AvgIpc) is 2.66. The Morgan fingerprint density at radius 2 is 1.74 bits per heavy atom. The lowest BCUT2D eigenvalue weighted by atomic mass is 10.2. The minimum absolute atomic E-state index is 0.283. The molecule has 0 heterocycles. The van der Waals surface area contributed by atoms with Crippen LogP contribution in [0, 0.1) is 0 Å². The van der Waals surface area contributed by atoms with Crippen LogP contribution in [0.15, 0.2) is 42.5 Å². The van der Waals surface area contributed by atoms with Crippen LogP contribution in [0.4, 0.5) is 0 Å². The molecule has 0 bridgehead atoms. The van der Waals surface area contributed by atoms with Crippen LogP contribution >= 0.6 is 23.2 Å². The highest BCUT2D eigenvalue weighted by molar-refractivity contribution is 6.35. The van der Waals surface area contributed by atoms with Gasteiger partial charge in [0.25, 0.3) is 5.91 Å². The van der Waals surface area contributed by atoms with Crippen molar-refractivity contribution in [1.82, 2.24) is 4.90 Å². The van der Waals surface area contributed by atoms with Gasteiger partial charge in [0.05, 0.1) is 12.1 Å². The van der Waals surface area contributed by atoms with Crippen molar-refractivity contribution in [3.8, 4) is 11.5 Å². The first kappa shape index (κ1) is 20.9. The summed E-state index contributed by atoms with van der Waals surface area (Å²) >= 11 is 11.7. The maximum absolute atomic E-state index is 12.1. The summed E-state index contributed by atoms with van der Waals surface area (Å²) in [6.45, 7) is -0.350. The molecule has 0 aliphatic carbocycles. The first-order chi connectivity index (χ1) is 12.9. The maximum Gasteiger partial charge on any atom is 0.344 e. The van der Waals surface area contributed by atoms with Crippen molar-refractivity contribution in [3.05, 3.63) is 58.1 Å². The third-order valence-electron chi connectivity index (χ3n) is 3.60. The number of methoxy groups -OCH3 is 1. The Hall–Kier alpha value is -2.44. The van der Waals surface area contributed by atoms with E-state index >= 15 is 0 Å². The molecule has 0 fully saturated rings. The zero-order valence-corrected chi connectivity index (χ0v) is 16.4. The Kier molecular flexibility index (Phi) is 7.76. The van der Waals surface area contributed by atoms with Crippen molar-refractivity contribution >= 4 is 35.1 Å². The number of rotatable bonds is 8. The van der Waals surface area contributed by atoms with Gasteiger partial charge < -0.3 is 19.1 Å². The van der Waals surface area contributed by atoms with E-state index in [9.17, 15) is 9.59 Å². The van der Waals surface area contributed by atoms with E-state index in [0.717, 1.165) is 11.3 Å². The number of ether oxygens (including phenoxy) is 3.